The Bertz CT molecular complexity index is 876. The highest BCUT2D eigenvalue weighted by Crippen LogP contribution is 2.19. The van der Waals surface area contributed by atoms with Gasteiger partial charge in [0.05, 0.1) is 12.9 Å². The molecule has 0 aliphatic carbocycles. The zero-order valence-corrected chi connectivity index (χ0v) is 20.9. The summed E-state index contributed by atoms with van der Waals surface area (Å²) in [5.41, 5.74) is 4.62. The molecule has 2 amide bonds. The van der Waals surface area contributed by atoms with Crippen LogP contribution in [0.1, 0.15) is 43.0 Å². The third-order valence-corrected chi connectivity index (χ3v) is 6.13. The highest BCUT2D eigenvalue weighted by Gasteiger charge is 2.26. The second-order valence-corrected chi connectivity index (χ2v) is 9.66. The molecule has 1 unspecified atom stereocenters. The second-order valence-electron chi connectivity index (χ2n) is 8.67. The van der Waals surface area contributed by atoms with E-state index in [1.807, 2.05) is 24.3 Å². The van der Waals surface area contributed by atoms with Crippen molar-refractivity contribution in [2.75, 3.05) is 19.4 Å². The van der Waals surface area contributed by atoms with E-state index in [1.165, 1.54) is 16.7 Å². The number of benzene rings is 2. The molecule has 0 saturated heterocycles. The number of carbonyl (C=O) groups is 2. The molecule has 6 heteroatoms. The van der Waals surface area contributed by atoms with E-state index in [2.05, 4.69) is 51.2 Å². The summed E-state index contributed by atoms with van der Waals surface area (Å²) in [6, 6.07) is 13.5. The number of carbonyl (C=O) groups excluding carboxylic acids is 2. The molecule has 0 fully saturated rings. The Hall–Kier alpha value is -2.47. The average Bonchev–Trinajstić information content (AvgIpc) is 2.75. The molecule has 2 rings (SSSR count). The summed E-state index contributed by atoms with van der Waals surface area (Å²) >= 11 is 1.58. The number of amides is 2. The molecule has 0 spiro atoms. The Morgan fingerprint density at radius 1 is 1.00 bits per heavy atom. The van der Waals surface area contributed by atoms with Gasteiger partial charge in [0.2, 0.25) is 11.8 Å². The maximum absolute atomic E-state index is 13.2. The van der Waals surface area contributed by atoms with E-state index in [4.69, 9.17) is 4.74 Å². The van der Waals surface area contributed by atoms with Crippen LogP contribution in [0.5, 0.6) is 5.75 Å². The van der Waals surface area contributed by atoms with Gasteiger partial charge in [0.15, 0.2) is 0 Å². The normalized spacial score (nSPS) is 11.8. The van der Waals surface area contributed by atoms with Crippen LogP contribution in [0.3, 0.4) is 0 Å². The average molecular weight is 457 g/mol. The highest BCUT2D eigenvalue weighted by molar-refractivity contribution is 7.99. The van der Waals surface area contributed by atoms with Crippen LogP contribution in [0.15, 0.2) is 42.5 Å². The molecule has 0 heterocycles. The lowest BCUT2D eigenvalue weighted by atomic mass is 10.1. The maximum Gasteiger partial charge on any atom is 0.242 e. The van der Waals surface area contributed by atoms with E-state index in [-0.39, 0.29) is 11.8 Å². The molecule has 174 valence electrons. The molecule has 0 radical (unpaired) electrons. The van der Waals surface area contributed by atoms with Crippen LogP contribution in [0, 0.1) is 19.8 Å². The van der Waals surface area contributed by atoms with E-state index >= 15 is 0 Å². The first-order valence-corrected chi connectivity index (χ1v) is 12.2. The minimum atomic E-state index is -0.551. The Morgan fingerprint density at radius 3 is 2.19 bits per heavy atom. The van der Waals surface area contributed by atoms with Crippen molar-refractivity contribution < 1.29 is 14.3 Å². The van der Waals surface area contributed by atoms with Crippen molar-refractivity contribution in [3.8, 4) is 5.75 Å². The quantitative estimate of drug-likeness (QED) is 0.531. The monoisotopic (exact) mass is 456 g/mol. The smallest absolute Gasteiger partial charge is 0.242 e. The summed E-state index contributed by atoms with van der Waals surface area (Å²) in [5.74, 6) is 2.04. The molecule has 0 aromatic heterocycles. The number of methoxy groups -OCH3 is 1. The van der Waals surface area contributed by atoms with Crippen molar-refractivity contribution in [2.45, 2.75) is 53.0 Å². The molecule has 2 aromatic rings. The van der Waals surface area contributed by atoms with Gasteiger partial charge in [0, 0.05) is 18.8 Å². The number of hydrogen-bond acceptors (Lipinski definition) is 4. The molecule has 0 bridgehead atoms. The van der Waals surface area contributed by atoms with Gasteiger partial charge in [-0.25, -0.2) is 0 Å². The molecule has 2 aromatic carbocycles. The SMILES string of the molecule is COc1ccc(CN(C(=O)CSCc2cc(C)cc(C)c2)C(C)C(=O)NCC(C)C)cc1. The third-order valence-electron chi connectivity index (χ3n) is 5.14. The first-order valence-electron chi connectivity index (χ1n) is 11.0. The third kappa shape index (κ3) is 8.23. The molecular formula is C26H36N2O3S. The fourth-order valence-electron chi connectivity index (χ4n) is 3.45. The number of hydrogen-bond donors (Lipinski definition) is 1. The zero-order valence-electron chi connectivity index (χ0n) is 20.1. The van der Waals surface area contributed by atoms with Crippen LogP contribution in [0.2, 0.25) is 0 Å². The van der Waals surface area contributed by atoms with Crippen LogP contribution in [-0.2, 0) is 21.9 Å². The number of rotatable bonds is 11. The first-order chi connectivity index (χ1) is 15.2. The van der Waals surface area contributed by atoms with Crippen molar-refractivity contribution in [3.05, 3.63) is 64.7 Å². The molecule has 0 aliphatic heterocycles. The number of thioether (sulfide) groups is 1. The summed E-state index contributed by atoms with van der Waals surface area (Å²) in [5, 5.41) is 2.96. The Labute approximate surface area is 196 Å². The first kappa shape index (κ1) is 25.8. The molecule has 0 aliphatic rings. The highest BCUT2D eigenvalue weighted by atomic mass is 32.2. The topological polar surface area (TPSA) is 58.6 Å². The Balaban J connectivity index is 2.08. The summed E-state index contributed by atoms with van der Waals surface area (Å²) < 4.78 is 5.23. The van der Waals surface area contributed by atoms with Gasteiger partial charge < -0.3 is 15.0 Å². The lowest BCUT2D eigenvalue weighted by Crippen LogP contribution is -2.48. The van der Waals surface area contributed by atoms with Crippen molar-refractivity contribution in [1.82, 2.24) is 10.2 Å². The minimum Gasteiger partial charge on any atom is -0.497 e. The predicted octanol–water partition coefficient (Wildman–Crippen LogP) is 4.73. The molecule has 0 saturated carbocycles. The van der Waals surface area contributed by atoms with Gasteiger partial charge in [-0.05, 0) is 49.9 Å². The van der Waals surface area contributed by atoms with Crippen LogP contribution < -0.4 is 10.1 Å². The van der Waals surface area contributed by atoms with E-state index in [1.54, 1.807) is 30.7 Å². The van der Waals surface area contributed by atoms with Crippen molar-refractivity contribution in [1.29, 1.82) is 0 Å². The van der Waals surface area contributed by atoms with Gasteiger partial charge in [0.1, 0.15) is 11.8 Å². The zero-order chi connectivity index (χ0) is 23.7. The molecule has 1 atom stereocenters. The van der Waals surface area contributed by atoms with Crippen LogP contribution in [0.4, 0.5) is 0 Å². The Kier molecular flexibility index (Phi) is 10.1. The molecule has 1 N–H and O–H groups in total. The van der Waals surface area contributed by atoms with Gasteiger partial charge >= 0.3 is 0 Å². The van der Waals surface area contributed by atoms with Gasteiger partial charge in [-0.3, -0.25) is 9.59 Å². The van der Waals surface area contributed by atoms with Crippen LogP contribution in [-0.4, -0.2) is 42.2 Å². The number of ether oxygens (including phenoxy) is 1. The standard InChI is InChI=1S/C26H36N2O3S/c1-18(2)14-27-26(30)21(5)28(15-22-7-9-24(31-6)10-8-22)25(29)17-32-16-23-12-19(3)11-20(4)13-23/h7-13,18,21H,14-17H2,1-6H3,(H,27,30). The summed E-state index contributed by atoms with van der Waals surface area (Å²) in [6.07, 6.45) is 0. The minimum absolute atomic E-state index is 0.0395. The van der Waals surface area contributed by atoms with Gasteiger partial charge in [-0.15, -0.1) is 11.8 Å². The second kappa shape index (κ2) is 12.5. The number of nitrogens with zero attached hydrogens (tertiary/aromatic N) is 1. The molecule has 32 heavy (non-hydrogen) atoms. The van der Waals surface area contributed by atoms with E-state index in [9.17, 15) is 9.59 Å². The molecular weight excluding hydrogens is 420 g/mol. The summed E-state index contributed by atoms with van der Waals surface area (Å²) in [4.78, 5) is 27.6. The fraction of sp³-hybridized carbons (Fsp3) is 0.462. The van der Waals surface area contributed by atoms with E-state index < -0.39 is 6.04 Å². The van der Waals surface area contributed by atoms with Crippen LogP contribution >= 0.6 is 11.8 Å². The van der Waals surface area contributed by atoms with Crippen molar-refractivity contribution in [2.24, 2.45) is 5.92 Å². The van der Waals surface area contributed by atoms with Gasteiger partial charge in [0.25, 0.3) is 0 Å². The maximum atomic E-state index is 13.2. The van der Waals surface area contributed by atoms with Gasteiger partial charge in [-0.1, -0.05) is 55.3 Å². The summed E-state index contributed by atoms with van der Waals surface area (Å²) in [6.45, 7) is 11.0. The van der Waals surface area contributed by atoms with E-state index in [0.717, 1.165) is 17.1 Å². The number of nitrogens with one attached hydrogen (secondary N) is 1. The van der Waals surface area contributed by atoms with Gasteiger partial charge in [-0.2, -0.15) is 0 Å². The largest absolute Gasteiger partial charge is 0.497 e. The fourth-order valence-corrected chi connectivity index (χ4v) is 4.30. The van der Waals surface area contributed by atoms with E-state index in [0.29, 0.717) is 24.8 Å². The lowest BCUT2D eigenvalue weighted by molar-refractivity contribution is -0.138. The number of aryl methyl sites for hydroxylation is 2. The van der Waals surface area contributed by atoms with Crippen molar-refractivity contribution >= 4 is 23.6 Å². The summed E-state index contributed by atoms with van der Waals surface area (Å²) in [7, 11) is 1.62. The lowest BCUT2D eigenvalue weighted by Gasteiger charge is -2.29. The Morgan fingerprint density at radius 2 is 1.62 bits per heavy atom. The van der Waals surface area contributed by atoms with Crippen molar-refractivity contribution in [3.63, 3.8) is 0 Å². The predicted molar refractivity (Wildman–Crippen MR) is 133 cm³/mol. The van der Waals surface area contributed by atoms with Crippen LogP contribution in [0.25, 0.3) is 0 Å². The molecule has 5 nitrogen and oxygen atoms in total.